The standard InChI is InChI=1S/C11H16N2O4S/c1-11(2,3)8-12-18(16,17)10-6-4-5-9(7-10)13(14)15/h4-7,12H,8H2,1-3H3. The molecule has 1 aromatic rings. The highest BCUT2D eigenvalue weighted by atomic mass is 32.2. The molecule has 1 rings (SSSR count). The van der Waals surface area contributed by atoms with E-state index in [0.29, 0.717) is 0 Å². The lowest BCUT2D eigenvalue weighted by atomic mass is 9.98. The van der Waals surface area contributed by atoms with Gasteiger partial charge in [-0.05, 0) is 11.5 Å². The van der Waals surface area contributed by atoms with Gasteiger partial charge in [0.1, 0.15) is 0 Å². The summed E-state index contributed by atoms with van der Waals surface area (Å²) in [6, 6.07) is 4.98. The average Bonchev–Trinajstić information content (AvgIpc) is 2.26. The summed E-state index contributed by atoms with van der Waals surface area (Å²) in [7, 11) is -3.70. The fourth-order valence-corrected chi connectivity index (χ4v) is 2.48. The third-order valence-corrected chi connectivity index (χ3v) is 3.53. The molecule has 7 heteroatoms. The van der Waals surface area contributed by atoms with E-state index >= 15 is 0 Å². The molecule has 0 spiro atoms. The first-order valence-corrected chi connectivity index (χ1v) is 6.84. The smallest absolute Gasteiger partial charge is 0.258 e. The van der Waals surface area contributed by atoms with E-state index < -0.39 is 14.9 Å². The van der Waals surface area contributed by atoms with Crippen LogP contribution in [0.5, 0.6) is 0 Å². The van der Waals surface area contributed by atoms with Crippen molar-refractivity contribution in [2.75, 3.05) is 6.54 Å². The van der Waals surface area contributed by atoms with Crippen LogP contribution in [0.3, 0.4) is 0 Å². The van der Waals surface area contributed by atoms with Crippen LogP contribution in [0, 0.1) is 15.5 Å². The van der Waals surface area contributed by atoms with Gasteiger partial charge in [0.2, 0.25) is 10.0 Å². The van der Waals surface area contributed by atoms with Crippen LogP contribution in [0.25, 0.3) is 0 Å². The number of non-ortho nitro benzene ring substituents is 1. The topological polar surface area (TPSA) is 89.3 Å². The minimum absolute atomic E-state index is 0.0963. The molecule has 0 aliphatic heterocycles. The molecule has 0 aromatic heterocycles. The third kappa shape index (κ3) is 4.08. The van der Waals surface area contributed by atoms with Gasteiger partial charge >= 0.3 is 0 Å². The Kier molecular flexibility index (Phi) is 4.08. The molecule has 6 nitrogen and oxygen atoms in total. The summed E-state index contributed by atoms with van der Waals surface area (Å²) < 4.78 is 26.3. The van der Waals surface area contributed by atoms with Crippen LogP contribution >= 0.6 is 0 Å². The van der Waals surface area contributed by atoms with Gasteiger partial charge < -0.3 is 0 Å². The van der Waals surface area contributed by atoms with E-state index in [0.717, 1.165) is 6.07 Å². The molecule has 0 amide bonds. The normalized spacial score (nSPS) is 12.4. The van der Waals surface area contributed by atoms with E-state index in [2.05, 4.69) is 4.72 Å². The molecule has 0 radical (unpaired) electrons. The molecular weight excluding hydrogens is 256 g/mol. The molecule has 1 aromatic carbocycles. The Morgan fingerprint density at radius 1 is 1.33 bits per heavy atom. The largest absolute Gasteiger partial charge is 0.270 e. The summed E-state index contributed by atoms with van der Waals surface area (Å²) in [5, 5.41) is 10.6. The first-order valence-electron chi connectivity index (χ1n) is 5.36. The average molecular weight is 272 g/mol. The lowest BCUT2D eigenvalue weighted by molar-refractivity contribution is -0.385. The molecule has 0 aliphatic carbocycles. The molecule has 18 heavy (non-hydrogen) atoms. The summed E-state index contributed by atoms with van der Waals surface area (Å²) in [5.41, 5.74) is -0.443. The van der Waals surface area contributed by atoms with Crippen molar-refractivity contribution in [2.45, 2.75) is 25.7 Å². The lowest BCUT2D eigenvalue weighted by Crippen LogP contribution is -2.32. The molecule has 100 valence electrons. The Balaban J connectivity index is 2.99. The number of nitrogens with zero attached hydrogens (tertiary/aromatic N) is 1. The van der Waals surface area contributed by atoms with Crippen molar-refractivity contribution in [2.24, 2.45) is 5.41 Å². The van der Waals surface area contributed by atoms with Crippen LogP contribution in [0.4, 0.5) is 5.69 Å². The van der Waals surface area contributed by atoms with Gasteiger partial charge in [0, 0.05) is 18.7 Å². The summed E-state index contributed by atoms with van der Waals surface area (Å²) >= 11 is 0. The predicted octanol–water partition coefficient (Wildman–Crippen LogP) is 1.92. The zero-order valence-electron chi connectivity index (χ0n) is 10.5. The number of hydrogen-bond acceptors (Lipinski definition) is 4. The highest BCUT2D eigenvalue weighted by Crippen LogP contribution is 2.18. The number of nitro benzene ring substituents is 1. The van der Waals surface area contributed by atoms with Crippen LogP contribution in [0.15, 0.2) is 29.2 Å². The third-order valence-electron chi connectivity index (χ3n) is 2.13. The van der Waals surface area contributed by atoms with E-state index in [1.54, 1.807) is 0 Å². The Bertz CT molecular complexity index is 546. The highest BCUT2D eigenvalue weighted by molar-refractivity contribution is 7.89. The maximum absolute atomic E-state index is 11.9. The van der Waals surface area contributed by atoms with E-state index in [4.69, 9.17) is 0 Å². The summed E-state index contributed by atoms with van der Waals surface area (Å²) in [6.07, 6.45) is 0. The van der Waals surface area contributed by atoms with Gasteiger partial charge in [-0.3, -0.25) is 10.1 Å². The number of hydrogen-bond donors (Lipinski definition) is 1. The molecule has 0 atom stereocenters. The second-order valence-electron chi connectivity index (χ2n) is 5.14. The molecule has 0 aliphatic rings. The Hall–Kier alpha value is -1.47. The monoisotopic (exact) mass is 272 g/mol. The van der Waals surface area contributed by atoms with Crippen molar-refractivity contribution in [1.82, 2.24) is 4.72 Å². The van der Waals surface area contributed by atoms with Gasteiger partial charge in [-0.2, -0.15) is 0 Å². The van der Waals surface area contributed by atoms with Gasteiger partial charge in [0.05, 0.1) is 9.82 Å². The summed E-state index contributed by atoms with van der Waals surface area (Å²) in [5.74, 6) is 0. The van der Waals surface area contributed by atoms with E-state index in [-0.39, 0.29) is 22.5 Å². The van der Waals surface area contributed by atoms with Crippen LogP contribution in [-0.4, -0.2) is 19.9 Å². The number of benzene rings is 1. The van der Waals surface area contributed by atoms with Gasteiger partial charge in [0.15, 0.2) is 0 Å². The molecule has 0 saturated carbocycles. The number of rotatable bonds is 4. The minimum atomic E-state index is -3.70. The summed E-state index contributed by atoms with van der Waals surface area (Å²) in [6.45, 7) is 5.94. The van der Waals surface area contributed by atoms with Crippen molar-refractivity contribution < 1.29 is 13.3 Å². The van der Waals surface area contributed by atoms with Crippen molar-refractivity contribution in [3.05, 3.63) is 34.4 Å². The second-order valence-corrected chi connectivity index (χ2v) is 6.91. The van der Waals surface area contributed by atoms with Crippen LogP contribution in [0.2, 0.25) is 0 Å². The fourth-order valence-electron chi connectivity index (χ4n) is 1.16. The van der Waals surface area contributed by atoms with Gasteiger partial charge in [-0.1, -0.05) is 26.8 Å². The predicted molar refractivity (Wildman–Crippen MR) is 67.7 cm³/mol. The van der Waals surface area contributed by atoms with Crippen molar-refractivity contribution in [3.8, 4) is 0 Å². The maximum atomic E-state index is 11.9. The SMILES string of the molecule is CC(C)(C)CNS(=O)(=O)c1cccc([N+](=O)[O-])c1. The van der Waals surface area contributed by atoms with E-state index in [1.165, 1.54) is 18.2 Å². The van der Waals surface area contributed by atoms with Crippen LogP contribution in [0.1, 0.15) is 20.8 Å². The summed E-state index contributed by atoms with van der Waals surface area (Å²) in [4.78, 5) is 9.87. The molecule has 1 N–H and O–H groups in total. The fraction of sp³-hybridized carbons (Fsp3) is 0.455. The number of nitro groups is 1. The quantitative estimate of drug-likeness (QED) is 0.669. The molecule has 0 unspecified atom stereocenters. The van der Waals surface area contributed by atoms with Crippen molar-refractivity contribution in [1.29, 1.82) is 0 Å². The zero-order valence-corrected chi connectivity index (χ0v) is 11.3. The molecule has 0 saturated heterocycles. The lowest BCUT2D eigenvalue weighted by Gasteiger charge is -2.18. The van der Waals surface area contributed by atoms with Crippen LogP contribution in [-0.2, 0) is 10.0 Å². The van der Waals surface area contributed by atoms with Gasteiger partial charge in [-0.25, -0.2) is 13.1 Å². The van der Waals surface area contributed by atoms with Gasteiger partial charge in [0.25, 0.3) is 5.69 Å². The number of nitrogens with one attached hydrogen (secondary N) is 1. The first-order chi connectivity index (χ1) is 8.12. The maximum Gasteiger partial charge on any atom is 0.270 e. The van der Waals surface area contributed by atoms with E-state index in [1.807, 2.05) is 20.8 Å². The molecule has 0 fully saturated rings. The second kappa shape index (κ2) is 5.03. The van der Waals surface area contributed by atoms with Gasteiger partial charge in [-0.15, -0.1) is 0 Å². The highest BCUT2D eigenvalue weighted by Gasteiger charge is 2.20. The zero-order chi connectivity index (χ0) is 14.0. The Morgan fingerprint density at radius 2 is 1.94 bits per heavy atom. The number of sulfonamides is 1. The Labute approximate surface area is 106 Å². The van der Waals surface area contributed by atoms with Crippen molar-refractivity contribution in [3.63, 3.8) is 0 Å². The molecule has 0 bridgehead atoms. The first kappa shape index (κ1) is 14.6. The van der Waals surface area contributed by atoms with Crippen LogP contribution < -0.4 is 4.72 Å². The molecule has 0 heterocycles. The van der Waals surface area contributed by atoms with Crippen molar-refractivity contribution >= 4 is 15.7 Å². The minimum Gasteiger partial charge on any atom is -0.258 e. The Morgan fingerprint density at radius 3 is 2.44 bits per heavy atom. The van der Waals surface area contributed by atoms with E-state index in [9.17, 15) is 18.5 Å². The molecular formula is C11H16N2O4S.